The van der Waals surface area contributed by atoms with Gasteiger partial charge in [-0.25, -0.2) is 0 Å². The van der Waals surface area contributed by atoms with Gasteiger partial charge in [0.05, 0.1) is 7.11 Å². The maximum absolute atomic E-state index is 6.08. The highest BCUT2D eigenvalue weighted by Crippen LogP contribution is 2.19. The third-order valence-electron chi connectivity index (χ3n) is 1.58. The Labute approximate surface area is 93.6 Å². The largest absolute Gasteiger partial charge is 0.489 e. The second-order valence-corrected chi connectivity index (χ2v) is 8.15. The summed E-state index contributed by atoms with van der Waals surface area (Å²) in [6.45, 7) is 0.562. The molecule has 14 heavy (non-hydrogen) atoms. The highest BCUT2D eigenvalue weighted by atomic mass is 35.7. The standard InChI is InChI=1S/C9H10Cl2O2Si/c1-8(12-2)13-14(10,11)9-6-4-3-5-7-9/h3-7H,1H2,2H3. The molecule has 0 saturated heterocycles. The van der Waals surface area contributed by atoms with Crippen LogP contribution in [0.3, 0.4) is 0 Å². The summed E-state index contributed by atoms with van der Waals surface area (Å²) in [5.74, 6) is 0.130. The van der Waals surface area contributed by atoms with E-state index in [4.69, 9.17) is 31.3 Å². The van der Waals surface area contributed by atoms with Crippen molar-refractivity contribution in [3.05, 3.63) is 42.9 Å². The quantitative estimate of drug-likeness (QED) is 0.463. The van der Waals surface area contributed by atoms with Crippen LogP contribution in [0.1, 0.15) is 0 Å². The lowest BCUT2D eigenvalue weighted by molar-refractivity contribution is 0.156. The van der Waals surface area contributed by atoms with E-state index in [1.807, 2.05) is 30.3 Å². The van der Waals surface area contributed by atoms with Gasteiger partial charge in [-0.2, -0.15) is 0 Å². The molecule has 0 heterocycles. The average molecular weight is 249 g/mol. The van der Waals surface area contributed by atoms with Gasteiger partial charge in [0.25, 0.3) is 5.95 Å². The Hall–Kier alpha value is -0.643. The fourth-order valence-electron chi connectivity index (χ4n) is 0.876. The van der Waals surface area contributed by atoms with Crippen LogP contribution in [0.25, 0.3) is 0 Å². The van der Waals surface area contributed by atoms with Crippen molar-refractivity contribution >= 4 is 34.3 Å². The van der Waals surface area contributed by atoms with Crippen LogP contribution in [-0.4, -0.2) is 14.0 Å². The predicted octanol–water partition coefficient (Wildman–Crippen LogP) is 2.44. The fraction of sp³-hybridized carbons (Fsp3) is 0.111. The Morgan fingerprint density at radius 3 is 2.36 bits per heavy atom. The van der Waals surface area contributed by atoms with Gasteiger partial charge in [0.2, 0.25) is 0 Å². The van der Waals surface area contributed by atoms with Crippen LogP contribution in [-0.2, 0) is 9.16 Å². The molecule has 0 unspecified atom stereocenters. The molecule has 0 aromatic heterocycles. The van der Waals surface area contributed by atoms with Gasteiger partial charge in [0.15, 0.2) is 0 Å². The van der Waals surface area contributed by atoms with Crippen LogP contribution in [0.15, 0.2) is 42.9 Å². The summed E-state index contributed by atoms with van der Waals surface area (Å²) in [6.07, 6.45) is 0. The summed E-state index contributed by atoms with van der Waals surface area (Å²) in [4.78, 5) is 0. The van der Waals surface area contributed by atoms with Crippen molar-refractivity contribution < 1.29 is 9.16 Å². The van der Waals surface area contributed by atoms with Crippen molar-refractivity contribution in [1.82, 2.24) is 0 Å². The lowest BCUT2D eigenvalue weighted by Crippen LogP contribution is -2.39. The van der Waals surface area contributed by atoms with Gasteiger partial charge in [-0.1, -0.05) is 52.5 Å². The predicted molar refractivity (Wildman–Crippen MR) is 60.8 cm³/mol. The minimum atomic E-state index is -2.94. The fourth-order valence-corrected chi connectivity index (χ4v) is 3.22. The minimum absolute atomic E-state index is 0.130. The topological polar surface area (TPSA) is 18.5 Å². The van der Waals surface area contributed by atoms with E-state index in [1.54, 1.807) is 0 Å². The molecule has 76 valence electrons. The van der Waals surface area contributed by atoms with E-state index in [9.17, 15) is 0 Å². The first-order chi connectivity index (χ1) is 6.56. The van der Waals surface area contributed by atoms with E-state index in [1.165, 1.54) is 7.11 Å². The van der Waals surface area contributed by atoms with Crippen LogP contribution in [0.5, 0.6) is 0 Å². The maximum Gasteiger partial charge on any atom is 0.486 e. The van der Waals surface area contributed by atoms with E-state index in [-0.39, 0.29) is 5.95 Å². The van der Waals surface area contributed by atoms with Gasteiger partial charge in [-0.3, -0.25) is 0 Å². The molecule has 0 bridgehead atoms. The molecule has 0 amide bonds. The number of halogens is 2. The molecule has 0 aliphatic heterocycles. The third kappa shape index (κ3) is 2.94. The number of ether oxygens (including phenoxy) is 1. The monoisotopic (exact) mass is 248 g/mol. The molecule has 2 nitrogen and oxygen atoms in total. The summed E-state index contributed by atoms with van der Waals surface area (Å²) in [6, 6.07) is 9.21. The molecule has 0 N–H and O–H groups in total. The third-order valence-corrected chi connectivity index (χ3v) is 4.84. The maximum atomic E-state index is 6.08. The van der Waals surface area contributed by atoms with Crippen molar-refractivity contribution in [3.8, 4) is 0 Å². The van der Waals surface area contributed by atoms with Crippen LogP contribution in [0.2, 0.25) is 0 Å². The molecule has 0 aliphatic carbocycles. The molecular formula is C9H10Cl2O2Si. The molecule has 0 saturated carbocycles. The molecule has 0 radical (unpaired) electrons. The summed E-state index contributed by atoms with van der Waals surface area (Å²) < 4.78 is 9.98. The second kappa shape index (κ2) is 4.73. The molecule has 0 atom stereocenters. The molecule has 0 aliphatic rings. The van der Waals surface area contributed by atoms with Crippen molar-refractivity contribution in [1.29, 1.82) is 0 Å². The van der Waals surface area contributed by atoms with E-state index in [0.29, 0.717) is 0 Å². The van der Waals surface area contributed by atoms with Crippen molar-refractivity contribution in [2.24, 2.45) is 0 Å². The Morgan fingerprint density at radius 1 is 1.29 bits per heavy atom. The van der Waals surface area contributed by atoms with Crippen molar-refractivity contribution in [3.63, 3.8) is 0 Å². The smallest absolute Gasteiger partial charge is 0.486 e. The highest BCUT2D eigenvalue weighted by molar-refractivity contribution is 7.48. The van der Waals surface area contributed by atoms with Gasteiger partial charge >= 0.3 is 6.94 Å². The number of hydrogen-bond acceptors (Lipinski definition) is 2. The molecule has 1 rings (SSSR count). The lowest BCUT2D eigenvalue weighted by atomic mass is 10.4. The van der Waals surface area contributed by atoms with E-state index in [0.717, 1.165) is 5.19 Å². The van der Waals surface area contributed by atoms with Crippen molar-refractivity contribution in [2.45, 2.75) is 0 Å². The zero-order chi connectivity index (χ0) is 10.6. The van der Waals surface area contributed by atoms with Crippen LogP contribution in [0.4, 0.5) is 0 Å². The molecule has 5 heteroatoms. The van der Waals surface area contributed by atoms with Crippen LogP contribution < -0.4 is 5.19 Å². The Bertz CT molecular complexity index is 314. The van der Waals surface area contributed by atoms with Gasteiger partial charge in [0, 0.05) is 5.19 Å². The second-order valence-electron chi connectivity index (χ2n) is 2.56. The average Bonchev–Trinajstić information content (AvgIpc) is 2.18. The SMILES string of the molecule is C=C(OC)O[Si](Cl)(Cl)c1ccccc1. The summed E-state index contributed by atoms with van der Waals surface area (Å²) in [7, 11) is 1.45. The van der Waals surface area contributed by atoms with Gasteiger partial charge < -0.3 is 9.16 Å². The first kappa shape index (κ1) is 11.4. The number of methoxy groups -OCH3 is 1. The molecule has 0 spiro atoms. The number of rotatable bonds is 4. The summed E-state index contributed by atoms with van der Waals surface area (Å²) in [5, 5.41) is 0.765. The zero-order valence-electron chi connectivity index (χ0n) is 7.67. The summed E-state index contributed by atoms with van der Waals surface area (Å²) >= 11 is 12.2. The van der Waals surface area contributed by atoms with Crippen LogP contribution in [0, 0.1) is 0 Å². The number of hydrogen-bond donors (Lipinski definition) is 0. The normalized spacial score (nSPS) is 10.8. The summed E-state index contributed by atoms with van der Waals surface area (Å²) in [5.41, 5.74) is 0. The highest BCUT2D eigenvalue weighted by Gasteiger charge is 2.36. The Morgan fingerprint density at radius 2 is 1.86 bits per heavy atom. The Kier molecular flexibility index (Phi) is 3.86. The zero-order valence-corrected chi connectivity index (χ0v) is 10.2. The van der Waals surface area contributed by atoms with E-state index < -0.39 is 6.94 Å². The molecule has 1 aromatic carbocycles. The lowest BCUT2D eigenvalue weighted by Gasteiger charge is -2.18. The minimum Gasteiger partial charge on any atom is -0.489 e. The Balaban J connectivity index is 2.80. The van der Waals surface area contributed by atoms with Crippen LogP contribution >= 0.6 is 22.2 Å². The van der Waals surface area contributed by atoms with E-state index in [2.05, 4.69) is 6.58 Å². The van der Waals surface area contributed by atoms with Gasteiger partial charge in [-0.15, -0.1) is 0 Å². The van der Waals surface area contributed by atoms with Crippen molar-refractivity contribution in [2.75, 3.05) is 7.11 Å². The molecule has 1 aromatic rings. The van der Waals surface area contributed by atoms with Gasteiger partial charge in [0.1, 0.15) is 0 Å². The molecular weight excluding hydrogens is 239 g/mol. The van der Waals surface area contributed by atoms with Gasteiger partial charge in [-0.05, 0) is 6.58 Å². The number of benzene rings is 1. The van der Waals surface area contributed by atoms with E-state index >= 15 is 0 Å². The first-order valence-corrected chi connectivity index (χ1v) is 7.84. The first-order valence-electron chi connectivity index (χ1n) is 3.91. The molecule has 0 fully saturated rings.